The molecule has 0 saturated carbocycles. The Balaban J connectivity index is 2.47. The standard InChI is InChI=1S/C12H18ClNS/c1-15-7-6-11(9-14)8-10-2-4-12(13)5-3-10/h2-5,11H,6-9,14H2,1H3. The zero-order chi connectivity index (χ0) is 11.1. The SMILES string of the molecule is CSCCC(CN)Cc1ccc(Cl)cc1. The van der Waals surface area contributed by atoms with Crippen molar-refractivity contribution in [2.45, 2.75) is 12.8 Å². The first-order valence-electron chi connectivity index (χ1n) is 5.19. The van der Waals surface area contributed by atoms with E-state index in [1.807, 2.05) is 23.9 Å². The lowest BCUT2D eigenvalue weighted by molar-refractivity contribution is 0.523. The van der Waals surface area contributed by atoms with E-state index in [2.05, 4.69) is 18.4 Å². The summed E-state index contributed by atoms with van der Waals surface area (Å²) in [5, 5.41) is 0.798. The van der Waals surface area contributed by atoms with Gasteiger partial charge in [0.1, 0.15) is 0 Å². The van der Waals surface area contributed by atoms with Crippen LogP contribution in [0.1, 0.15) is 12.0 Å². The van der Waals surface area contributed by atoms with Crippen LogP contribution in [0.25, 0.3) is 0 Å². The van der Waals surface area contributed by atoms with Gasteiger partial charge in [-0.25, -0.2) is 0 Å². The van der Waals surface area contributed by atoms with Gasteiger partial charge in [0.15, 0.2) is 0 Å². The number of hydrogen-bond donors (Lipinski definition) is 1. The first-order valence-corrected chi connectivity index (χ1v) is 6.97. The van der Waals surface area contributed by atoms with Gasteiger partial charge in [-0.05, 0) is 55.0 Å². The highest BCUT2D eigenvalue weighted by Gasteiger charge is 2.07. The van der Waals surface area contributed by atoms with Gasteiger partial charge in [0.05, 0.1) is 0 Å². The van der Waals surface area contributed by atoms with Gasteiger partial charge in [-0.15, -0.1) is 0 Å². The van der Waals surface area contributed by atoms with Gasteiger partial charge in [0.2, 0.25) is 0 Å². The van der Waals surface area contributed by atoms with Crippen molar-refractivity contribution in [1.82, 2.24) is 0 Å². The van der Waals surface area contributed by atoms with E-state index in [0.29, 0.717) is 5.92 Å². The monoisotopic (exact) mass is 243 g/mol. The molecule has 1 aromatic rings. The molecule has 84 valence electrons. The molecule has 0 aliphatic carbocycles. The second kappa shape index (κ2) is 7.15. The summed E-state index contributed by atoms with van der Waals surface area (Å²) in [5.74, 6) is 1.79. The zero-order valence-corrected chi connectivity index (χ0v) is 10.7. The average molecular weight is 244 g/mol. The van der Waals surface area contributed by atoms with Crippen molar-refractivity contribution in [3.63, 3.8) is 0 Å². The number of rotatable bonds is 6. The van der Waals surface area contributed by atoms with Crippen molar-refractivity contribution in [3.8, 4) is 0 Å². The molecular weight excluding hydrogens is 226 g/mol. The van der Waals surface area contributed by atoms with Gasteiger partial charge in [-0.2, -0.15) is 11.8 Å². The molecular formula is C12H18ClNS. The molecule has 1 atom stereocenters. The number of halogens is 1. The van der Waals surface area contributed by atoms with Crippen molar-refractivity contribution in [2.24, 2.45) is 11.7 Å². The molecule has 0 spiro atoms. The Hall–Kier alpha value is -0.180. The Morgan fingerprint density at radius 3 is 2.53 bits per heavy atom. The van der Waals surface area contributed by atoms with Crippen molar-refractivity contribution >= 4 is 23.4 Å². The number of benzene rings is 1. The molecule has 0 saturated heterocycles. The fourth-order valence-corrected chi connectivity index (χ4v) is 2.24. The second-order valence-electron chi connectivity index (χ2n) is 3.71. The smallest absolute Gasteiger partial charge is 0.0406 e. The molecule has 0 amide bonds. The maximum Gasteiger partial charge on any atom is 0.0406 e. The minimum Gasteiger partial charge on any atom is -0.330 e. The van der Waals surface area contributed by atoms with Crippen LogP contribution in [0.2, 0.25) is 5.02 Å². The van der Waals surface area contributed by atoms with Gasteiger partial charge in [-0.3, -0.25) is 0 Å². The van der Waals surface area contributed by atoms with E-state index >= 15 is 0 Å². The van der Waals surface area contributed by atoms with Crippen LogP contribution >= 0.6 is 23.4 Å². The van der Waals surface area contributed by atoms with Crippen LogP contribution in [0.4, 0.5) is 0 Å². The molecule has 1 unspecified atom stereocenters. The quantitative estimate of drug-likeness (QED) is 0.831. The minimum atomic E-state index is 0.596. The fourth-order valence-electron chi connectivity index (χ4n) is 1.54. The summed E-state index contributed by atoms with van der Waals surface area (Å²) < 4.78 is 0. The average Bonchev–Trinajstić information content (AvgIpc) is 2.27. The van der Waals surface area contributed by atoms with Gasteiger partial charge in [0, 0.05) is 5.02 Å². The van der Waals surface area contributed by atoms with E-state index < -0.39 is 0 Å². The number of nitrogens with two attached hydrogens (primary N) is 1. The highest BCUT2D eigenvalue weighted by atomic mass is 35.5. The van der Waals surface area contributed by atoms with E-state index in [1.54, 1.807) is 0 Å². The van der Waals surface area contributed by atoms with E-state index in [9.17, 15) is 0 Å². The Morgan fingerprint density at radius 1 is 1.33 bits per heavy atom. The first kappa shape index (κ1) is 12.9. The summed E-state index contributed by atoms with van der Waals surface area (Å²) in [6.07, 6.45) is 4.39. The predicted octanol–water partition coefficient (Wildman–Crippen LogP) is 3.21. The number of thioether (sulfide) groups is 1. The van der Waals surface area contributed by atoms with Gasteiger partial charge in [-0.1, -0.05) is 23.7 Å². The maximum atomic E-state index is 5.84. The molecule has 1 nitrogen and oxygen atoms in total. The van der Waals surface area contributed by atoms with Gasteiger partial charge in [0.25, 0.3) is 0 Å². The molecule has 1 aromatic carbocycles. The Kier molecular flexibility index (Phi) is 6.15. The highest BCUT2D eigenvalue weighted by molar-refractivity contribution is 7.98. The molecule has 15 heavy (non-hydrogen) atoms. The molecule has 0 aliphatic rings. The van der Waals surface area contributed by atoms with Crippen molar-refractivity contribution in [1.29, 1.82) is 0 Å². The van der Waals surface area contributed by atoms with Crippen molar-refractivity contribution in [2.75, 3.05) is 18.6 Å². The Bertz CT molecular complexity index is 273. The summed E-state index contributed by atoms with van der Waals surface area (Å²) in [4.78, 5) is 0. The van der Waals surface area contributed by atoms with Crippen LogP contribution < -0.4 is 5.73 Å². The van der Waals surface area contributed by atoms with E-state index in [-0.39, 0.29) is 0 Å². The lowest BCUT2D eigenvalue weighted by atomic mass is 9.97. The predicted molar refractivity (Wildman–Crippen MR) is 70.7 cm³/mol. The largest absolute Gasteiger partial charge is 0.330 e. The lowest BCUT2D eigenvalue weighted by Gasteiger charge is -2.13. The Labute approximate surface area is 101 Å². The maximum absolute atomic E-state index is 5.84. The molecule has 0 radical (unpaired) electrons. The molecule has 0 heterocycles. The molecule has 0 aliphatic heterocycles. The molecule has 2 N–H and O–H groups in total. The van der Waals surface area contributed by atoms with Crippen molar-refractivity contribution < 1.29 is 0 Å². The van der Waals surface area contributed by atoms with Crippen LogP contribution in [0.15, 0.2) is 24.3 Å². The summed E-state index contributed by atoms with van der Waals surface area (Å²) in [6, 6.07) is 8.06. The molecule has 1 rings (SSSR count). The minimum absolute atomic E-state index is 0.596. The third-order valence-corrected chi connectivity index (χ3v) is 3.40. The summed E-state index contributed by atoms with van der Waals surface area (Å²) >= 11 is 7.72. The van der Waals surface area contributed by atoms with Crippen LogP contribution in [0, 0.1) is 5.92 Å². The van der Waals surface area contributed by atoms with E-state index in [1.165, 1.54) is 17.7 Å². The van der Waals surface area contributed by atoms with Crippen LogP contribution in [0.5, 0.6) is 0 Å². The highest BCUT2D eigenvalue weighted by Crippen LogP contribution is 2.16. The van der Waals surface area contributed by atoms with E-state index in [4.69, 9.17) is 17.3 Å². The van der Waals surface area contributed by atoms with Crippen molar-refractivity contribution in [3.05, 3.63) is 34.9 Å². The third kappa shape index (κ3) is 4.92. The van der Waals surface area contributed by atoms with E-state index in [0.717, 1.165) is 18.0 Å². The number of hydrogen-bond acceptors (Lipinski definition) is 2. The molecule has 3 heteroatoms. The zero-order valence-electron chi connectivity index (χ0n) is 9.08. The molecule has 0 bridgehead atoms. The van der Waals surface area contributed by atoms with Crippen LogP contribution in [0.3, 0.4) is 0 Å². The normalized spacial score (nSPS) is 12.7. The molecule has 0 aromatic heterocycles. The third-order valence-electron chi connectivity index (χ3n) is 2.50. The first-order chi connectivity index (χ1) is 7.26. The lowest BCUT2D eigenvalue weighted by Crippen LogP contribution is -2.17. The van der Waals surface area contributed by atoms with Crippen LogP contribution in [-0.2, 0) is 6.42 Å². The van der Waals surface area contributed by atoms with Crippen LogP contribution in [-0.4, -0.2) is 18.6 Å². The van der Waals surface area contributed by atoms with Gasteiger partial charge >= 0.3 is 0 Å². The second-order valence-corrected chi connectivity index (χ2v) is 5.14. The van der Waals surface area contributed by atoms with Gasteiger partial charge < -0.3 is 5.73 Å². The Morgan fingerprint density at radius 2 is 2.00 bits per heavy atom. The summed E-state index contributed by atoms with van der Waals surface area (Å²) in [7, 11) is 0. The summed E-state index contributed by atoms with van der Waals surface area (Å²) in [6.45, 7) is 0.767. The molecule has 0 fully saturated rings. The fraction of sp³-hybridized carbons (Fsp3) is 0.500. The topological polar surface area (TPSA) is 26.0 Å². The summed E-state index contributed by atoms with van der Waals surface area (Å²) in [5.41, 5.74) is 7.09.